The molecule has 0 aromatic heterocycles. The Morgan fingerprint density at radius 1 is 0.613 bits per heavy atom. The zero-order valence-corrected chi connectivity index (χ0v) is 21.9. The number of hydrogen-bond donors (Lipinski definition) is 0. The molecule has 3 heteroatoms. The Morgan fingerprint density at radius 3 is 1.32 bits per heavy atom. The summed E-state index contributed by atoms with van der Waals surface area (Å²) in [5.74, 6) is 1.36. The molecule has 0 bridgehead atoms. The summed E-state index contributed by atoms with van der Waals surface area (Å²) in [6.45, 7) is 6.36. The fourth-order valence-electron chi connectivity index (χ4n) is 19.8. The minimum atomic E-state index is -3.35. The predicted molar refractivity (Wildman–Crippen MR) is 132 cm³/mol. The van der Waals surface area contributed by atoms with Gasteiger partial charge in [0.05, 0.1) is 0 Å². The van der Waals surface area contributed by atoms with Gasteiger partial charge in [0.1, 0.15) is 0 Å². The first-order valence-corrected chi connectivity index (χ1v) is 20.9. The van der Waals surface area contributed by atoms with Crippen molar-refractivity contribution in [1.82, 2.24) is 0 Å². The molecule has 162 valence electrons. The molecule has 10 aliphatic heterocycles. The van der Waals surface area contributed by atoms with Crippen LogP contribution in [0, 0.1) is 0 Å². The summed E-state index contributed by atoms with van der Waals surface area (Å²) < 4.78 is 1.89. The average Bonchev–Trinajstić information content (AvgIpc) is 3.70. The van der Waals surface area contributed by atoms with Gasteiger partial charge in [-0.25, -0.2) is 0 Å². The molecular formula is C28H32FeP2. The van der Waals surface area contributed by atoms with Crippen molar-refractivity contribution in [3.8, 4) is 0 Å². The van der Waals surface area contributed by atoms with E-state index in [-0.39, 0.29) is 0 Å². The van der Waals surface area contributed by atoms with E-state index in [0.717, 1.165) is 8.11 Å². The molecular weight excluding hydrogens is 454 g/mol. The SMILES string of the molecule is CC(C)c1ccccc1P[C]12[CH]3[CH]4[CH]5[C]1(Pc1ccccc1C(C)C)[Fe]43521678[CH]2[CH]1[CH]6[CH]7[CH]28. The molecule has 1 spiro atoms. The van der Waals surface area contributed by atoms with Crippen molar-refractivity contribution in [2.75, 3.05) is 0 Å². The van der Waals surface area contributed by atoms with E-state index in [9.17, 15) is 0 Å². The molecule has 0 N–H and O–H groups in total. The van der Waals surface area contributed by atoms with E-state index in [1.54, 1.807) is 11.1 Å². The van der Waals surface area contributed by atoms with Gasteiger partial charge in [0.15, 0.2) is 0 Å². The topological polar surface area (TPSA) is 0 Å². The van der Waals surface area contributed by atoms with Gasteiger partial charge >= 0.3 is 180 Å². The Kier molecular flexibility index (Phi) is 1.06. The number of benzene rings is 2. The van der Waals surface area contributed by atoms with Crippen LogP contribution >= 0.6 is 17.2 Å². The normalized spacial score (nSPS) is 74.1. The van der Waals surface area contributed by atoms with E-state index in [0.29, 0.717) is 11.8 Å². The van der Waals surface area contributed by atoms with Crippen LogP contribution in [0.3, 0.4) is 0 Å². The van der Waals surface area contributed by atoms with Crippen LogP contribution in [0.25, 0.3) is 0 Å². The summed E-state index contributed by atoms with van der Waals surface area (Å²) in [7, 11) is 2.38. The van der Waals surface area contributed by atoms with Crippen LogP contribution in [-0.4, -0.2) is 8.11 Å². The quantitative estimate of drug-likeness (QED) is 0.294. The molecule has 10 saturated heterocycles. The fraction of sp³-hybridized carbons (Fsp3) is 0.571. The van der Waals surface area contributed by atoms with E-state index in [4.69, 9.17) is 0 Å². The second-order valence-electron chi connectivity index (χ2n) is 15.5. The van der Waals surface area contributed by atoms with Crippen LogP contribution in [0.4, 0.5) is 0 Å². The first kappa shape index (κ1) is 15.7. The van der Waals surface area contributed by atoms with Crippen LogP contribution in [0.2, 0.25) is 38.5 Å². The number of rotatable bonds is 6. The van der Waals surface area contributed by atoms with Crippen LogP contribution < -0.4 is 10.6 Å². The van der Waals surface area contributed by atoms with Gasteiger partial charge in [-0.1, -0.05) is 0 Å². The van der Waals surface area contributed by atoms with Crippen molar-refractivity contribution in [3.05, 3.63) is 59.7 Å². The van der Waals surface area contributed by atoms with E-state index in [2.05, 4.69) is 76.2 Å². The van der Waals surface area contributed by atoms with Crippen LogP contribution in [0.5, 0.6) is 0 Å². The predicted octanol–water partition coefficient (Wildman–Crippen LogP) is 7.45. The zero-order chi connectivity index (χ0) is 20.5. The molecule has 10 heterocycles. The molecule has 31 heavy (non-hydrogen) atoms. The molecule has 12 rings (SSSR count). The third kappa shape index (κ3) is 0.324. The Hall–Kier alpha value is -0.181. The molecule has 6 unspecified atom stereocenters. The third-order valence-electron chi connectivity index (χ3n) is 18.7. The van der Waals surface area contributed by atoms with Crippen LogP contribution in [0.1, 0.15) is 50.7 Å². The summed E-state index contributed by atoms with van der Waals surface area (Å²) >= 11 is 0. The molecule has 10 aliphatic rings. The van der Waals surface area contributed by atoms with Crippen LogP contribution in [-0.2, 0) is 6.51 Å². The van der Waals surface area contributed by atoms with Gasteiger partial charge in [0.25, 0.3) is 0 Å². The standard InChI is InChI=1S/C23H27P2.C5H5.Fe/c1-16(2)18-10-5-7-12-20(18)24-22-14-9-15-23(22)25-21-13-8-6-11-19(21)17(3)4;1-2-4-5-3-1;/h5-17,24-25H,1-4H3;1-5H;. The molecule has 10 fully saturated rings. The van der Waals surface area contributed by atoms with Crippen LogP contribution in [0.15, 0.2) is 48.5 Å². The maximum absolute atomic E-state index is 3.35. The molecule has 0 aliphatic carbocycles. The van der Waals surface area contributed by atoms with Crippen molar-refractivity contribution in [2.24, 2.45) is 0 Å². The minimum absolute atomic E-state index is 0.678. The molecule has 2 aromatic carbocycles. The Labute approximate surface area is 179 Å². The molecule has 0 amide bonds. The van der Waals surface area contributed by atoms with Crippen molar-refractivity contribution < 1.29 is 6.51 Å². The molecule has 2 aromatic rings. The average molecular weight is 486 g/mol. The van der Waals surface area contributed by atoms with E-state index in [1.165, 1.54) is 55.7 Å². The first-order valence-electron chi connectivity index (χ1n) is 12.7. The van der Waals surface area contributed by atoms with Crippen molar-refractivity contribution in [2.45, 2.75) is 86.2 Å². The van der Waals surface area contributed by atoms with Gasteiger partial charge in [0.2, 0.25) is 0 Å². The number of hydrogen-bond acceptors (Lipinski definition) is 0. The summed E-state index contributed by atoms with van der Waals surface area (Å²) in [4.78, 5) is 11.2. The summed E-state index contributed by atoms with van der Waals surface area (Å²) in [6, 6.07) is 19.4. The zero-order valence-electron chi connectivity index (χ0n) is 18.7. The summed E-state index contributed by atoms with van der Waals surface area (Å²) in [5.41, 5.74) is 3.38. The van der Waals surface area contributed by atoms with Gasteiger partial charge < -0.3 is 0 Å². The van der Waals surface area contributed by atoms with Gasteiger partial charge in [-0.15, -0.1) is 0 Å². The Balaban J connectivity index is 1.14. The third-order valence-corrected chi connectivity index (χ3v) is 74.0. The van der Waals surface area contributed by atoms with Gasteiger partial charge in [0, 0.05) is 0 Å². The first-order chi connectivity index (χ1) is 14.7. The van der Waals surface area contributed by atoms with Crippen molar-refractivity contribution in [1.29, 1.82) is 0 Å². The molecule has 0 radical (unpaired) electrons. The van der Waals surface area contributed by atoms with Crippen molar-refractivity contribution in [3.63, 3.8) is 0 Å². The molecule has 6 atom stereocenters. The Bertz CT molecular complexity index is 1580. The van der Waals surface area contributed by atoms with E-state index < -0.39 is 6.51 Å². The second-order valence-corrected chi connectivity index (χ2v) is 42.8. The number of fused-ring (bicyclic) bond motifs is 10. The van der Waals surface area contributed by atoms with Gasteiger partial charge in [-0.05, 0) is 0 Å². The van der Waals surface area contributed by atoms with E-state index >= 15 is 0 Å². The second kappa shape index (κ2) is 2.09. The summed E-state index contributed by atoms with van der Waals surface area (Å²) in [5, 5.41) is 3.62. The maximum atomic E-state index is 2.57. The summed E-state index contributed by atoms with van der Waals surface area (Å²) in [6.07, 6.45) is 0. The molecule has 0 nitrogen and oxygen atoms in total. The molecule has 0 saturated carbocycles. The van der Waals surface area contributed by atoms with Crippen molar-refractivity contribution >= 4 is 27.8 Å². The monoisotopic (exact) mass is 486 g/mol. The van der Waals surface area contributed by atoms with Gasteiger partial charge in [-0.2, -0.15) is 0 Å². The van der Waals surface area contributed by atoms with E-state index in [1.807, 2.05) is 10.6 Å². The fourth-order valence-corrected chi connectivity index (χ4v) is 119. The Morgan fingerprint density at radius 2 is 1.00 bits per heavy atom. The van der Waals surface area contributed by atoms with Gasteiger partial charge in [-0.3, -0.25) is 0 Å².